The van der Waals surface area contributed by atoms with E-state index in [2.05, 4.69) is 11.0 Å². The summed E-state index contributed by atoms with van der Waals surface area (Å²) in [6, 6.07) is 16.3. The lowest BCUT2D eigenvalue weighted by Gasteiger charge is -2.50. The van der Waals surface area contributed by atoms with Gasteiger partial charge >= 0.3 is 6.18 Å². The molecule has 3 aromatic rings. The van der Waals surface area contributed by atoms with E-state index in [-0.39, 0.29) is 29.2 Å². The monoisotopic (exact) mass is 684 g/mol. The average molecular weight is 685 g/mol. The smallest absolute Gasteiger partial charge is 0.425 e. The third-order valence-corrected chi connectivity index (χ3v) is 9.75. The van der Waals surface area contributed by atoms with Crippen LogP contribution in [0.25, 0.3) is 0 Å². The molecule has 2 aromatic carbocycles. The summed E-state index contributed by atoms with van der Waals surface area (Å²) >= 11 is 0.503. The minimum Gasteiger partial charge on any atom is -0.489 e. The Morgan fingerprint density at radius 2 is 1.77 bits per heavy atom. The molecule has 0 N–H and O–H groups in total. The number of thiophene rings is 1. The number of alkyl halides is 3. The highest BCUT2D eigenvalue weighted by Gasteiger charge is 2.55. The van der Waals surface area contributed by atoms with Crippen LogP contribution in [-0.4, -0.2) is 86.3 Å². The highest BCUT2D eigenvalue weighted by Crippen LogP contribution is 2.42. The largest absolute Gasteiger partial charge is 0.489 e. The van der Waals surface area contributed by atoms with Crippen LogP contribution < -0.4 is 14.4 Å². The van der Waals surface area contributed by atoms with E-state index in [1.807, 2.05) is 31.2 Å². The van der Waals surface area contributed by atoms with Crippen molar-refractivity contribution in [1.82, 2.24) is 9.80 Å². The Labute approximate surface area is 282 Å². The zero-order chi connectivity index (χ0) is 34.3. The quantitative estimate of drug-likeness (QED) is 0.221. The Bertz CT molecular complexity index is 1620. The normalized spacial score (nSPS) is 19.9. The molecule has 2 saturated heterocycles. The molecule has 1 aromatic heterocycles. The number of carbonyl (C=O) groups is 2. The lowest BCUT2D eigenvalue weighted by molar-refractivity contribution is -0.159. The molecule has 2 amide bonds. The minimum absolute atomic E-state index is 0.0609. The maximum absolute atomic E-state index is 14.8. The fourth-order valence-corrected chi connectivity index (χ4v) is 7.23. The van der Waals surface area contributed by atoms with E-state index >= 15 is 0 Å². The van der Waals surface area contributed by atoms with E-state index in [0.717, 1.165) is 11.8 Å². The molecular formula is C35H39F3N4O5S. The topological polar surface area (TPSA) is 95.3 Å². The zero-order valence-electron chi connectivity index (χ0n) is 27.0. The number of piperidine rings is 1. The van der Waals surface area contributed by atoms with Gasteiger partial charge in [-0.05, 0) is 37.1 Å². The molecule has 5 rings (SSSR count). The van der Waals surface area contributed by atoms with E-state index in [9.17, 15) is 28.0 Å². The van der Waals surface area contributed by atoms with E-state index in [1.54, 1.807) is 41.2 Å². The summed E-state index contributed by atoms with van der Waals surface area (Å²) in [4.78, 5) is 33.5. The highest BCUT2D eigenvalue weighted by molar-refractivity contribution is 7.10. The van der Waals surface area contributed by atoms with Crippen molar-refractivity contribution in [2.45, 2.75) is 50.4 Å². The molecule has 0 saturated carbocycles. The van der Waals surface area contributed by atoms with Crippen LogP contribution in [0.5, 0.6) is 11.5 Å². The van der Waals surface area contributed by atoms with Gasteiger partial charge in [0.05, 0.1) is 35.5 Å². The van der Waals surface area contributed by atoms with Crippen molar-refractivity contribution in [3.8, 4) is 17.6 Å². The van der Waals surface area contributed by atoms with Crippen molar-refractivity contribution in [3.63, 3.8) is 0 Å². The van der Waals surface area contributed by atoms with Gasteiger partial charge in [0.15, 0.2) is 0 Å². The molecular weight excluding hydrogens is 645 g/mol. The molecule has 48 heavy (non-hydrogen) atoms. The molecule has 0 bridgehead atoms. The van der Waals surface area contributed by atoms with E-state index in [0.29, 0.717) is 82.3 Å². The average Bonchev–Trinajstić information content (AvgIpc) is 3.58. The van der Waals surface area contributed by atoms with Crippen LogP contribution in [0.4, 0.5) is 18.9 Å². The Morgan fingerprint density at radius 3 is 2.46 bits per heavy atom. The van der Waals surface area contributed by atoms with E-state index in [4.69, 9.17) is 14.2 Å². The number of nitriles is 1. The number of halogens is 3. The van der Waals surface area contributed by atoms with Crippen LogP contribution in [0.1, 0.15) is 53.4 Å². The van der Waals surface area contributed by atoms with Crippen LogP contribution in [0.15, 0.2) is 60.0 Å². The van der Waals surface area contributed by atoms with Gasteiger partial charge in [-0.2, -0.15) is 18.4 Å². The number of methoxy groups -OCH3 is 1. The molecule has 13 heteroatoms. The number of ether oxygens (including phenoxy) is 3. The van der Waals surface area contributed by atoms with Gasteiger partial charge in [-0.3, -0.25) is 9.59 Å². The minimum atomic E-state index is -4.57. The van der Waals surface area contributed by atoms with Gasteiger partial charge in [0, 0.05) is 57.7 Å². The second kappa shape index (κ2) is 15.3. The van der Waals surface area contributed by atoms with Crippen molar-refractivity contribution < 1.29 is 37.0 Å². The van der Waals surface area contributed by atoms with Gasteiger partial charge in [-0.1, -0.05) is 37.6 Å². The Hall–Kier alpha value is -4.28. The second-order valence-electron chi connectivity index (χ2n) is 11.8. The lowest BCUT2D eigenvalue weighted by atomic mass is 9.79. The molecule has 0 spiro atoms. The predicted octanol–water partition coefficient (Wildman–Crippen LogP) is 6.24. The van der Waals surface area contributed by atoms with Crippen LogP contribution in [-0.2, 0) is 15.7 Å². The summed E-state index contributed by atoms with van der Waals surface area (Å²) in [6.45, 7) is 4.69. The number of nitrogens with zero attached hydrogens (tertiary/aromatic N) is 4. The number of hydrogen-bond acceptors (Lipinski definition) is 8. The first-order valence-electron chi connectivity index (χ1n) is 16.0. The van der Waals surface area contributed by atoms with E-state index < -0.39 is 28.6 Å². The van der Waals surface area contributed by atoms with Gasteiger partial charge in [-0.15, -0.1) is 11.3 Å². The molecule has 3 heterocycles. The molecule has 2 aliphatic rings. The summed E-state index contributed by atoms with van der Waals surface area (Å²) in [5.74, 6) is -0.137. The molecule has 256 valence electrons. The van der Waals surface area contributed by atoms with Gasteiger partial charge in [0.1, 0.15) is 23.0 Å². The number of likely N-dealkylation sites (tertiary alicyclic amines) is 1. The number of anilines is 1. The van der Waals surface area contributed by atoms with Gasteiger partial charge in [0.2, 0.25) is 5.60 Å². The molecule has 9 nitrogen and oxygen atoms in total. The van der Waals surface area contributed by atoms with Crippen molar-refractivity contribution in [2.75, 3.05) is 57.9 Å². The van der Waals surface area contributed by atoms with Crippen molar-refractivity contribution in [3.05, 3.63) is 76.0 Å². The number of para-hydroxylation sites is 2. The first kappa shape index (κ1) is 35.0. The van der Waals surface area contributed by atoms with Gasteiger partial charge in [-0.25, -0.2) is 0 Å². The molecule has 2 fully saturated rings. The highest BCUT2D eigenvalue weighted by atomic mass is 32.1. The van der Waals surface area contributed by atoms with Gasteiger partial charge in [0.25, 0.3) is 11.8 Å². The van der Waals surface area contributed by atoms with E-state index in [1.165, 1.54) is 5.38 Å². The van der Waals surface area contributed by atoms with Crippen LogP contribution in [0.2, 0.25) is 0 Å². The zero-order valence-corrected chi connectivity index (χ0v) is 27.8. The predicted molar refractivity (Wildman–Crippen MR) is 175 cm³/mol. The summed E-state index contributed by atoms with van der Waals surface area (Å²) in [5, 5.41) is 11.0. The maximum Gasteiger partial charge on any atom is 0.425 e. The molecule has 0 aliphatic carbocycles. The lowest BCUT2D eigenvalue weighted by Crippen LogP contribution is -2.69. The molecule has 2 atom stereocenters. The molecule has 0 radical (unpaired) electrons. The summed E-state index contributed by atoms with van der Waals surface area (Å²) in [5.41, 5.74) is -0.339. The van der Waals surface area contributed by atoms with Crippen molar-refractivity contribution >= 4 is 28.8 Å². The number of amides is 2. The van der Waals surface area contributed by atoms with Crippen LogP contribution in [0.3, 0.4) is 0 Å². The standard InChI is InChI=1S/C35H39F3N4O5S/c1-3-9-30-34(47-26-22-31(48-24-26)35(36,37)38,14-8-15-42(30)32(43)27-11-5-4-10-25(27)23-39)33(44)41-18-16-40(17-19-41)28-12-6-7-13-29(28)46-21-20-45-2/h4-7,10-13,22,24,30H,3,8-9,14-21H2,1-2H3/t30-,34+/m1/s1. The summed E-state index contributed by atoms with van der Waals surface area (Å²) in [6.07, 6.45) is -3.02. The Morgan fingerprint density at radius 1 is 1.04 bits per heavy atom. The summed E-state index contributed by atoms with van der Waals surface area (Å²) < 4.78 is 58.4. The number of carbonyl (C=O) groups excluding carboxylic acids is 2. The molecule has 0 unspecified atom stereocenters. The first-order valence-corrected chi connectivity index (χ1v) is 16.9. The van der Waals surface area contributed by atoms with Crippen LogP contribution in [0, 0.1) is 11.3 Å². The SMILES string of the molecule is CCC[C@H]1N(C(=O)c2ccccc2C#N)CCC[C@@]1(Oc1csc(C(F)(F)F)c1)C(=O)N1CCN(c2ccccc2OCCOC)CC1. The molecule has 2 aliphatic heterocycles. The number of piperazine rings is 1. The number of rotatable bonds is 11. The van der Waals surface area contributed by atoms with Crippen molar-refractivity contribution in [1.29, 1.82) is 5.26 Å². The first-order chi connectivity index (χ1) is 23.1. The van der Waals surface area contributed by atoms with Crippen molar-refractivity contribution in [2.24, 2.45) is 0 Å². The Balaban J connectivity index is 1.47. The summed E-state index contributed by atoms with van der Waals surface area (Å²) in [7, 11) is 1.60. The third-order valence-electron chi connectivity index (χ3n) is 8.80. The van der Waals surface area contributed by atoms with Crippen LogP contribution >= 0.6 is 11.3 Å². The van der Waals surface area contributed by atoms with Gasteiger partial charge < -0.3 is 28.9 Å². The number of hydrogen-bond donors (Lipinski definition) is 0. The maximum atomic E-state index is 14.8. The fourth-order valence-electron chi connectivity index (χ4n) is 6.55. The fraction of sp³-hybridized carbons (Fsp3) is 0.457. The third kappa shape index (κ3) is 7.39. The number of benzene rings is 2. The Kier molecular flexibility index (Phi) is 11.2. The second-order valence-corrected chi connectivity index (χ2v) is 12.7.